The zero-order chi connectivity index (χ0) is 20.2. The highest BCUT2D eigenvalue weighted by atomic mass is 15.4. The van der Waals surface area contributed by atoms with Gasteiger partial charge in [0, 0.05) is 37.2 Å². The van der Waals surface area contributed by atoms with E-state index in [9.17, 15) is 0 Å². The van der Waals surface area contributed by atoms with Gasteiger partial charge in [-0.1, -0.05) is 24.3 Å². The minimum atomic E-state index is 0.803. The molecule has 1 aromatic carbocycles. The van der Waals surface area contributed by atoms with Crippen LogP contribution in [0.4, 0.5) is 11.4 Å². The Morgan fingerprint density at radius 3 is 1.47 bits per heavy atom. The molecule has 3 aromatic rings. The fourth-order valence-corrected chi connectivity index (χ4v) is 3.80. The number of anilines is 2. The van der Waals surface area contributed by atoms with Crippen molar-refractivity contribution in [2.45, 2.75) is 13.1 Å². The number of hydrogen-bond donors (Lipinski definition) is 0. The van der Waals surface area contributed by atoms with Crippen molar-refractivity contribution in [2.24, 2.45) is 0 Å². The molecule has 0 aliphatic carbocycles. The topological polar surface area (TPSA) is 38.7 Å². The van der Waals surface area contributed by atoms with E-state index < -0.39 is 0 Å². The van der Waals surface area contributed by atoms with Crippen LogP contribution in [-0.2, 0) is 13.1 Å². The SMILES string of the molecule is C1=CN(c2ccccc2N2C=CN(Cc3ccccn3)C2)CN1Cc1ccccn1. The Kier molecular flexibility index (Phi) is 5.04. The summed E-state index contributed by atoms with van der Waals surface area (Å²) in [6, 6.07) is 20.7. The van der Waals surface area contributed by atoms with Crippen molar-refractivity contribution in [1.29, 1.82) is 0 Å². The maximum Gasteiger partial charge on any atom is 0.0946 e. The molecule has 0 bridgehead atoms. The number of rotatable bonds is 6. The Labute approximate surface area is 177 Å². The molecule has 30 heavy (non-hydrogen) atoms. The van der Waals surface area contributed by atoms with Gasteiger partial charge in [0.15, 0.2) is 0 Å². The summed E-state index contributed by atoms with van der Waals surface area (Å²) < 4.78 is 0. The summed E-state index contributed by atoms with van der Waals surface area (Å²) in [7, 11) is 0. The fraction of sp³-hybridized carbons (Fsp3) is 0.167. The first-order valence-corrected chi connectivity index (χ1v) is 10.1. The molecular weight excluding hydrogens is 372 g/mol. The maximum absolute atomic E-state index is 4.44. The van der Waals surface area contributed by atoms with Crippen LogP contribution in [0.15, 0.2) is 97.9 Å². The van der Waals surface area contributed by atoms with Crippen LogP contribution in [-0.4, -0.2) is 33.1 Å². The number of pyridine rings is 2. The minimum Gasteiger partial charge on any atom is -0.352 e. The summed E-state index contributed by atoms with van der Waals surface area (Å²) in [5, 5.41) is 0. The van der Waals surface area contributed by atoms with E-state index >= 15 is 0 Å². The molecule has 0 saturated carbocycles. The summed E-state index contributed by atoms with van der Waals surface area (Å²) in [4.78, 5) is 18.0. The van der Waals surface area contributed by atoms with Crippen molar-refractivity contribution in [1.82, 2.24) is 19.8 Å². The number of hydrogen-bond acceptors (Lipinski definition) is 6. The van der Waals surface area contributed by atoms with Crippen molar-refractivity contribution in [3.63, 3.8) is 0 Å². The third-order valence-corrected chi connectivity index (χ3v) is 5.27. The second kappa shape index (κ2) is 8.29. The Morgan fingerprint density at radius 2 is 1.03 bits per heavy atom. The summed E-state index contributed by atoms with van der Waals surface area (Å²) in [6.07, 6.45) is 12.3. The first-order valence-electron chi connectivity index (χ1n) is 10.1. The maximum atomic E-state index is 4.44. The number of benzene rings is 1. The Hall–Kier alpha value is -3.80. The Balaban J connectivity index is 1.26. The predicted octanol–water partition coefficient (Wildman–Crippen LogP) is 3.98. The van der Waals surface area contributed by atoms with E-state index in [0.717, 1.165) is 37.8 Å². The van der Waals surface area contributed by atoms with E-state index in [1.807, 2.05) is 36.7 Å². The van der Waals surface area contributed by atoms with Crippen LogP contribution >= 0.6 is 0 Å². The van der Waals surface area contributed by atoms with Gasteiger partial charge in [0.25, 0.3) is 0 Å². The van der Waals surface area contributed by atoms with E-state index in [4.69, 9.17) is 0 Å². The normalized spacial score (nSPS) is 15.5. The molecule has 0 saturated heterocycles. The highest BCUT2D eigenvalue weighted by Crippen LogP contribution is 2.33. The second-order valence-corrected chi connectivity index (χ2v) is 7.44. The van der Waals surface area contributed by atoms with Crippen LogP contribution in [0, 0.1) is 0 Å². The minimum absolute atomic E-state index is 0.803. The molecule has 4 heterocycles. The average Bonchev–Trinajstić information content (AvgIpc) is 3.45. The van der Waals surface area contributed by atoms with Crippen LogP contribution in [0.1, 0.15) is 11.4 Å². The Bertz CT molecular complexity index is 949. The quantitative estimate of drug-likeness (QED) is 0.628. The zero-order valence-electron chi connectivity index (χ0n) is 16.7. The third-order valence-electron chi connectivity index (χ3n) is 5.27. The van der Waals surface area contributed by atoms with E-state index in [1.54, 1.807) is 0 Å². The van der Waals surface area contributed by atoms with Gasteiger partial charge < -0.3 is 19.6 Å². The van der Waals surface area contributed by atoms with Crippen LogP contribution < -0.4 is 9.80 Å². The second-order valence-electron chi connectivity index (χ2n) is 7.44. The standard InChI is InChI=1S/C24H24N6/c1-2-10-24(30-16-14-28(20-30)18-22-8-4-6-12-26-22)23(9-1)29-15-13-27(19-29)17-21-7-3-5-11-25-21/h1-16H,17-20H2. The highest BCUT2D eigenvalue weighted by Gasteiger charge is 2.22. The molecule has 0 unspecified atom stereocenters. The van der Waals surface area contributed by atoms with Crippen molar-refractivity contribution >= 4 is 11.4 Å². The third kappa shape index (κ3) is 3.98. The smallest absolute Gasteiger partial charge is 0.0946 e. The predicted molar refractivity (Wildman–Crippen MR) is 119 cm³/mol. The van der Waals surface area contributed by atoms with Gasteiger partial charge >= 0.3 is 0 Å². The molecule has 6 nitrogen and oxygen atoms in total. The van der Waals surface area contributed by atoms with Gasteiger partial charge in [0.05, 0.1) is 49.2 Å². The number of para-hydroxylation sites is 2. The number of aromatic nitrogens is 2. The summed E-state index contributed by atoms with van der Waals surface area (Å²) in [5.41, 5.74) is 4.54. The van der Waals surface area contributed by atoms with Crippen LogP contribution in [0.2, 0.25) is 0 Å². The molecular formula is C24H24N6. The van der Waals surface area contributed by atoms with Gasteiger partial charge in [-0.15, -0.1) is 0 Å². The van der Waals surface area contributed by atoms with Crippen molar-refractivity contribution in [3.8, 4) is 0 Å². The van der Waals surface area contributed by atoms with Crippen LogP contribution in [0.25, 0.3) is 0 Å². The van der Waals surface area contributed by atoms with E-state index in [1.165, 1.54) is 11.4 Å². The zero-order valence-corrected chi connectivity index (χ0v) is 16.7. The lowest BCUT2D eigenvalue weighted by atomic mass is 10.2. The van der Waals surface area contributed by atoms with Gasteiger partial charge in [-0.2, -0.15) is 0 Å². The molecule has 2 aliphatic rings. The first-order chi connectivity index (χ1) is 14.8. The molecule has 0 radical (unpaired) electrons. The van der Waals surface area contributed by atoms with E-state index in [-0.39, 0.29) is 0 Å². The fourth-order valence-electron chi connectivity index (χ4n) is 3.80. The summed E-state index contributed by atoms with van der Waals surface area (Å²) in [6.45, 7) is 3.22. The van der Waals surface area contributed by atoms with E-state index in [0.29, 0.717) is 0 Å². The number of nitrogens with zero attached hydrogens (tertiary/aromatic N) is 6. The largest absolute Gasteiger partial charge is 0.352 e. The van der Waals surface area contributed by atoms with Crippen molar-refractivity contribution in [2.75, 3.05) is 23.1 Å². The molecule has 150 valence electrons. The van der Waals surface area contributed by atoms with Gasteiger partial charge in [0.1, 0.15) is 0 Å². The molecule has 0 atom stereocenters. The molecule has 6 heteroatoms. The summed E-state index contributed by atoms with van der Waals surface area (Å²) in [5.74, 6) is 0. The molecule has 2 aliphatic heterocycles. The van der Waals surface area contributed by atoms with Crippen LogP contribution in [0.5, 0.6) is 0 Å². The van der Waals surface area contributed by atoms with Crippen molar-refractivity contribution in [3.05, 3.63) is 109 Å². The molecule has 0 N–H and O–H groups in total. The Morgan fingerprint density at radius 1 is 0.567 bits per heavy atom. The summed E-state index contributed by atoms with van der Waals surface area (Å²) >= 11 is 0. The lowest BCUT2D eigenvalue weighted by molar-refractivity contribution is 0.392. The molecule has 0 fully saturated rings. The highest BCUT2D eigenvalue weighted by molar-refractivity contribution is 5.74. The molecule has 0 spiro atoms. The van der Waals surface area contributed by atoms with Gasteiger partial charge in [-0.3, -0.25) is 9.97 Å². The van der Waals surface area contributed by atoms with Crippen LogP contribution in [0.3, 0.4) is 0 Å². The van der Waals surface area contributed by atoms with Crippen molar-refractivity contribution < 1.29 is 0 Å². The lowest BCUT2D eigenvalue weighted by Gasteiger charge is -2.27. The van der Waals surface area contributed by atoms with Gasteiger partial charge in [-0.05, 0) is 36.4 Å². The monoisotopic (exact) mass is 396 g/mol. The molecule has 2 aromatic heterocycles. The molecule has 5 rings (SSSR count). The first kappa shape index (κ1) is 18.2. The lowest BCUT2D eigenvalue weighted by Crippen LogP contribution is -2.28. The average molecular weight is 396 g/mol. The molecule has 0 amide bonds. The van der Waals surface area contributed by atoms with E-state index in [2.05, 4.69) is 90.8 Å². The van der Waals surface area contributed by atoms with Gasteiger partial charge in [-0.25, -0.2) is 0 Å². The van der Waals surface area contributed by atoms with Gasteiger partial charge in [0.2, 0.25) is 0 Å².